The minimum atomic E-state index is 0.855. The number of nitrogens with one attached hydrogen (secondary N) is 1. The lowest BCUT2D eigenvalue weighted by Gasteiger charge is -2.21. The van der Waals surface area contributed by atoms with E-state index in [9.17, 15) is 0 Å². The molecule has 1 aromatic carbocycles. The van der Waals surface area contributed by atoms with E-state index in [1.165, 1.54) is 49.8 Å². The van der Waals surface area contributed by atoms with Gasteiger partial charge in [-0.3, -0.25) is 0 Å². The smallest absolute Gasteiger partial charge is 0.122 e. The Balaban J connectivity index is 1.48. The van der Waals surface area contributed by atoms with Crippen LogP contribution in [0.4, 0.5) is 0 Å². The molecular formula is C16H23NO. The summed E-state index contributed by atoms with van der Waals surface area (Å²) in [5, 5.41) is 3.62. The maximum Gasteiger partial charge on any atom is 0.122 e. The normalized spacial score (nSPS) is 19.6. The van der Waals surface area contributed by atoms with Gasteiger partial charge in [-0.15, -0.1) is 0 Å². The summed E-state index contributed by atoms with van der Waals surface area (Å²) in [5.74, 6) is 2.00. The van der Waals surface area contributed by atoms with Crippen LogP contribution in [0.25, 0.3) is 0 Å². The molecule has 18 heavy (non-hydrogen) atoms. The predicted octanol–water partition coefficient (Wildman–Crippen LogP) is 3.29. The molecule has 0 atom stereocenters. The quantitative estimate of drug-likeness (QED) is 0.879. The molecule has 3 rings (SSSR count). The monoisotopic (exact) mass is 245 g/mol. The lowest BCUT2D eigenvalue weighted by atomic mass is 9.89. The van der Waals surface area contributed by atoms with Crippen molar-refractivity contribution >= 4 is 0 Å². The van der Waals surface area contributed by atoms with Crippen molar-refractivity contribution in [2.45, 2.75) is 45.1 Å². The van der Waals surface area contributed by atoms with Crippen LogP contribution in [-0.4, -0.2) is 13.2 Å². The number of benzene rings is 1. The fraction of sp³-hybridized carbons (Fsp3) is 0.625. The van der Waals surface area contributed by atoms with Crippen molar-refractivity contribution in [2.24, 2.45) is 5.92 Å². The molecule has 0 saturated heterocycles. The van der Waals surface area contributed by atoms with Crippen molar-refractivity contribution in [1.82, 2.24) is 5.32 Å². The van der Waals surface area contributed by atoms with Crippen LogP contribution in [0.2, 0.25) is 0 Å². The minimum absolute atomic E-state index is 0.855. The van der Waals surface area contributed by atoms with Crippen molar-refractivity contribution in [3.05, 3.63) is 29.3 Å². The van der Waals surface area contributed by atoms with Crippen molar-refractivity contribution in [1.29, 1.82) is 0 Å². The van der Waals surface area contributed by atoms with E-state index in [1.54, 1.807) is 0 Å². The molecule has 0 bridgehead atoms. The third-order valence-electron chi connectivity index (χ3n) is 4.24. The Morgan fingerprint density at radius 2 is 2.06 bits per heavy atom. The van der Waals surface area contributed by atoms with E-state index in [1.807, 2.05) is 0 Å². The van der Waals surface area contributed by atoms with E-state index in [4.69, 9.17) is 4.74 Å². The summed E-state index contributed by atoms with van der Waals surface area (Å²) in [7, 11) is 0. The first-order valence-electron chi connectivity index (χ1n) is 7.37. The molecule has 1 aliphatic carbocycles. The summed E-state index contributed by atoms with van der Waals surface area (Å²) in [6.45, 7) is 3.05. The van der Waals surface area contributed by atoms with Gasteiger partial charge in [-0.2, -0.15) is 0 Å². The highest BCUT2D eigenvalue weighted by Gasteiger charge is 2.14. The first-order chi connectivity index (χ1) is 8.92. The van der Waals surface area contributed by atoms with Gasteiger partial charge in [0.05, 0.1) is 6.61 Å². The number of hydrogen-bond acceptors (Lipinski definition) is 2. The van der Waals surface area contributed by atoms with Crippen LogP contribution in [0, 0.1) is 5.92 Å². The van der Waals surface area contributed by atoms with E-state index < -0.39 is 0 Å². The van der Waals surface area contributed by atoms with Gasteiger partial charge in [0.2, 0.25) is 0 Å². The van der Waals surface area contributed by atoms with Gasteiger partial charge < -0.3 is 10.1 Å². The Hall–Kier alpha value is -1.02. The molecule has 0 spiro atoms. The molecule has 2 heteroatoms. The molecule has 1 N–H and O–H groups in total. The second-order valence-corrected chi connectivity index (χ2v) is 5.68. The van der Waals surface area contributed by atoms with E-state index in [0.29, 0.717) is 0 Å². The zero-order valence-corrected chi connectivity index (χ0v) is 11.1. The molecule has 1 fully saturated rings. The third-order valence-corrected chi connectivity index (χ3v) is 4.24. The summed E-state index contributed by atoms with van der Waals surface area (Å²) in [4.78, 5) is 0. The highest BCUT2D eigenvalue weighted by atomic mass is 16.5. The van der Waals surface area contributed by atoms with Gasteiger partial charge in [0.25, 0.3) is 0 Å². The minimum Gasteiger partial charge on any atom is -0.493 e. The Morgan fingerprint density at radius 1 is 1.17 bits per heavy atom. The number of rotatable bonds is 4. The van der Waals surface area contributed by atoms with E-state index in [2.05, 4.69) is 23.5 Å². The van der Waals surface area contributed by atoms with Gasteiger partial charge in [-0.1, -0.05) is 31.4 Å². The molecule has 2 aliphatic rings. The number of fused-ring (bicyclic) bond motifs is 1. The van der Waals surface area contributed by atoms with Crippen LogP contribution in [0.5, 0.6) is 5.75 Å². The highest BCUT2D eigenvalue weighted by molar-refractivity contribution is 5.39. The van der Waals surface area contributed by atoms with E-state index in [0.717, 1.165) is 31.2 Å². The highest BCUT2D eigenvalue weighted by Crippen LogP contribution is 2.26. The summed E-state index contributed by atoms with van der Waals surface area (Å²) in [5.41, 5.74) is 2.78. The summed E-state index contributed by atoms with van der Waals surface area (Å²) in [6.07, 6.45) is 8.23. The topological polar surface area (TPSA) is 21.3 Å². The molecule has 98 valence electrons. The lowest BCUT2D eigenvalue weighted by Crippen LogP contribution is -2.24. The zero-order valence-electron chi connectivity index (χ0n) is 11.1. The molecule has 0 amide bonds. The summed E-state index contributed by atoms with van der Waals surface area (Å²) in [6, 6.07) is 6.62. The van der Waals surface area contributed by atoms with Crippen molar-refractivity contribution in [2.75, 3.05) is 13.2 Å². The fourth-order valence-corrected chi connectivity index (χ4v) is 3.16. The Kier molecular flexibility index (Phi) is 3.84. The van der Waals surface area contributed by atoms with E-state index >= 15 is 0 Å². The van der Waals surface area contributed by atoms with Crippen LogP contribution in [-0.2, 0) is 13.0 Å². The average molecular weight is 245 g/mol. The van der Waals surface area contributed by atoms with Gasteiger partial charge in [-0.25, -0.2) is 0 Å². The third kappa shape index (κ3) is 2.86. The molecule has 2 nitrogen and oxygen atoms in total. The SMILES string of the molecule is c1cc2c(cc1CNCC1CCCCC1)CCO2. The number of ether oxygens (including phenoxy) is 1. The number of hydrogen-bond donors (Lipinski definition) is 1. The predicted molar refractivity (Wildman–Crippen MR) is 73.9 cm³/mol. The van der Waals surface area contributed by atoms with Crippen LogP contribution in [0.1, 0.15) is 43.2 Å². The fourth-order valence-electron chi connectivity index (χ4n) is 3.16. The molecule has 0 aromatic heterocycles. The second-order valence-electron chi connectivity index (χ2n) is 5.68. The van der Waals surface area contributed by atoms with E-state index in [-0.39, 0.29) is 0 Å². The first-order valence-corrected chi connectivity index (χ1v) is 7.37. The average Bonchev–Trinajstić information content (AvgIpc) is 2.87. The van der Waals surface area contributed by atoms with Crippen LogP contribution in [0.3, 0.4) is 0 Å². The molecule has 1 aromatic rings. The van der Waals surface area contributed by atoms with Crippen LogP contribution in [0.15, 0.2) is 18.2 Å². The van der Waals surface area contributed by atoms with Gasteiger partial charge in [0.1, 0.15) is 5.75 Å². The van der Waals surface area contributed by atoms with Crippen molar-refractivity contribution in [3.8, 4) is 5.75 Å². The van der Waals surface area contributed by atoms with Gasteiger partial charge in [0.15, 0.2) is 0 Å². The maximum atomic E-state index is 5.53. The van der Waals surface area contributed by atoms with Gasteiger partial charge >= 0.3 is 0 Å². The zero-order chi connectivity index (χ0) is 12.2. The molecule has 1 heterocycles. The molecule has 1 aliphatic heterocycles. The molecule has 0 radical (unpaired) electrons. The second kappa shape index (κ2) is 5.75. The summed E-state index contributed by atoms with van der Waals surface area (Å²) >= 11 is 0. The summed E-state index contributed by atoms with van der Waals surface area (Å²) < 4.78 is 5.53. The molecule has 0 unspecified atom stereocenters. The standard InChI is InChI=1S/C16H23NO/c1-2-4-13(5-3-1)11-17-12-14-6-7-16-15(10-14)8-9-18-16/h6-7,10,13,17H,1-5,8-9,11-12H2. The van der Waals surface area contributed by atoms with Gasteiger partial charge in [0, 0.05) is 13.0 Å². The van der Waals surface area contributed by atoms with Crippen LogP contribution < -0.4 is 10.1 Å². The van der Waals surface area contributed by atoms with Crippen molar-refractivity contribution < 1.29 is 4.74 Å². The Morgan fingerprint density at radius 3 is 2.94 bits per heavy atom. The lowest BCUT2D eigenvalue weighted by molar-refractivity contribution is 0.342. The van der Waals surface area contributed by atoms with Crippen LogP contribution >= 0.6 is 0 Å². The Labute approximate surface area is 110 Å². The molecular weight excluding hydrogens is 222 g/mol. The largest absolute Gasteiger partial charge is 0.493 e. The molecule has 1 saturated carbocycles. The Bertz CT molecular complexity index is 396. The maximum absolute atomic E-state index is 5.53. The first kappa shape index (κ1) is 12.0. The van der Waals surface area contributed by atoms with Crippen molar-refractivity contribution in [3.63, 3.8) is 0 Å². The van der Waals surface area contributed by atoms with Gasteiger partial charge in [-0.05, 0) is 42.5 Å².